The van der Waals surface area contributed by atoms with Crippen molar-refractivity contribution in [1.82, 2.24) is 30.2 Å². The molecule has 266 valence electrons. The summed E-state index contributed by atoms with van der Waals surface area (Å²) < 4.78 is 22.7. The van der Waals surface area contributed by atoms with Crippen LogP contribution >= 0.6 is 0 Å². The first-order chi connectivity index (χ1) is 23.5. The highest BCUT2D eigenvalue weighted by atomic mass is 19.1. The maximum atomic E-state index is 15.8. The molecule has 0 bridgehead atoms. The smallest absolute Gasteiger partial charge is 0.270 e. The Kier molecular flexibility index (Phi) is 11.5. The van der Waals surface area contributed by atoms with E-state index in [2.05, 4.69) is 32.0 Å². The lowest BCUT2D eigenvalue weighted by Gasteiger charge is -2.40. The second-order valence-electron chi connectivity index (χ2n) is 13.6. The molecule has 1 saturated heterocycles. The number of halogens is 1. The van der Waals surface area contributed by atoms with Gasteiger partial charge in [-0.3, -0.25) is 23.9 Å². The molecule has 2 unspecified atom stereocenters. The molecule has 0 radical (unpaired) electrons. The predicted octanol–water partition coefficient (Wildman–Crippen LogP) is 3.31. The Morgan fingerprint density at radius 2 is 1.80 bits per heavy atom. The Morgan fingerprint density at radius 1 is 1.06 bits per heavy atom. The number of likely N-dealkylation sites (N-methyl/N-ethyl adjacent to an activating group) is 1. The molecule has 2 fully saturated rings. The zero-order valence-corrected chi connectivity index (χ0v) is 29.4. The fourth-order valence-electron chi connectivity index (χ4n) is 6.76. The van der Waals surface area contributed by atoms with Gasteiger partial charge in [0.1, 0.15) is 29.7 Å². The number of nitrogens with one attached hydrogen (secondary N) is 3. The highest BCUT2D eigenvalue weighted by Gasteiger charge is 2.45. The molecule has 5 rings (SSSR count). The van der Waals surface area contributed by atoms with Crippen molar-refractivity contribution in [2.45, 2.75) is 90.1 Å². The Hall–Kier alpha value is -4.10. The largest absolute Gasteiger partial charge is 0.372 e. The standard InChI is InChI=1S/C36H50FN7O5/c1-7-29(49-6)34(46)40-31(36(48)43-18-17-42(5)21(3)20-43)22(4)25-13-14-27(26(37)19-25)39-35(47)32(30(23-9-10-23)24-11-12-24)41-33(45)28-15-16-38-44(28)8-2/h9,13-16,19,21-22,24,29-32H,7-8,10-12,17-18,20H2,1-6H3,(H,39,47)(H,40,46)(H,41,45)/t21-,22+,29?,30?,31-,32+/m1/s1. The third-order valence-corrected chi connectivity index (χ3v) is 10.2. The lowest BCUT2D eigenvalue weighted by Crippen LogP contribution is -2.58. The van der Waals surface area contributed by atoms with E-state index < -0.39 is 47.6 Å². The van der Waals surface area contributed by atoms with Gasteiger partial charge in [0.25, 0.3) is 5.91 Å². The average molecular weight is 680 g/mol. The number of nitrogens with zero attached hydrogens (tertiary/aromatic N) is 4. The number of hydrogen-bond donors (Lipinski definition) is 3. The SMILES string of the molecule is CCC(OC)C(=O)N[C@@H](C(=O)N1CCN(C)[C@H](C)C1)[C@@H](C)c1ccc(NC(=O)[C@@H](NC(=O)c2ccnn2CC)C(C2=CC2)C2CC2)c(F)c1. The van der Waals surface area contributed by atoms with Crippen LogP contribution in [0.3, 0.4) is 0 Å². The molecule has 13 heteroatoms. The number of allylic oxidation sites excluding steroid dienone is 1. The first-order valence-corrected chi connectivity index (χ1v) is 17.4. The van der Waals surface area contributed by atoms with Crippen LogP contribution in [0.2, 0.25) is 0 Å². The zero-order valence-electron chi connectivity index (χ0n) is 29.4. The number of aryl methyl sites for hydroxylation is 1. The summed E-state index contributed by atoms with van der Waals surface area (Å²) in [5.74, 6) is -2.76. The minimum absolute atomic E-state index is 0.0386. The number of anilines is 1. The van der Waals surface area contributed by atoms with E-state index in [4.69, 9.17) is 4.74 Å². The maximum Gasteiger partial charge on any atom is 0.270 e. The van der Waals surface area contributed by atoms with E-state index in [9.17, 15) is 19.2 Å². The zero-order chi connectivity index (χ0) is 35.4. The Morgan fingerprint density at radius 3 is 2.39 bits per heavy atom. The molecule has 4 amide bonds. The molecule has 2 heterocycles. The summed E-state index contributed by atoms with van der Waals surface area (Å²) in [5.41, 5.74) is 1.92. The second kappa shape index (κ2) is 15.6. The van der Waals surface area contributed by atoms with Crippen molar-refractivity contribution in [1.29, 1.82) is 0 Å². The molecule has 49 heavy (non-hydrogen) atoms. The Labute approximate surface area is 287 Å². The Balaban J connectivity index is 1.36. The van der Waals surface area contributed by atoms with E-state index in [0.717, 1.165) is 24.8 Å². The summed E-state index contributed by atoms with van der Waals surface area (Å²) in [6.07, 6.45) is 6.02. The molecule has 3 N–H and O–H groups in total. The van der Waals surface area contributed by atoms with Crippen molar-refractivity contribution >= 4 is 29.3 Å². The topological polar surface area (TPSA) is 138 Å². The summed E-state index contributed by atoms with van der Waals surface area (Å²) in [6.45, 7) is 9.73. The summed E-state index contributed by atoms with van der Waals surface area (Å²) >= 11 is 0. The Bertz CT molecular complexity index is 1570. The van der Waals surface area contributed by atoms with Gasteiger partial charge in [0.05, 0.1) is 5.69 Å². The predicted molar refractivity (Wildman–Crippen MR) is 183 cm³/mol. The number of piperazine rings is 1. The molecule has 2 aromatic rings. The van der Waals surface area contributed by atoms with Gasteiger partial charge in [-0.1, -0.05) is 31.6 Å². The number of rotatable bonds is 15. The summed E-state index contributed by atoms with van der Waals surface area (Å²) in [5, 5.41) is 12.7. The van der Waals surface area contributed by atoms with Gasteiger partial charge in [0.2, 0.25) is 17.7 Å². The molecular weight excluding hydrogens is 629 g/mol. The van der Waals surface area contributed by atoms with Crippen LogP contribution in [0.25, 0.3) is 0 Å². The van der Waals surface area contributed by atoms with Crippen molar-refractivity contribution in [2.75, 3.05) is 39.1 Å². The number of aromatic nitrogens is 2. The number of benzene rings is 1. The van der Waals surface area contributed by atoms with E-state index >= 15 is 4.39 Å². The average Bonchev–Trinajstić information content (AvgIpc) is 4.04. The van der Waals surface area contributed by atoms with E-state index in [1.165, 1.54) is 19.2 Å². The van der Waals surface area contributed by atoms with Crippen molar-refractivity contribution in [3.8, 4) is 0 Å². The molecule has 1 aromatic carbocycles. The van der Waals surface area contributed by atoms with Crippen molar-refractivity contribution in [2.24, 2.45) is 11.8 Å². The quantitative estimate of drug-likeness (QED) is 0.246. The number of carbonyl (C=O) groups excluding carboxylic acids is 4. The summed E-state index contributed by atoms with van der Waals surface area (Å²) in [7, 11) is 3.46. The first kappa shape index (κ1) is 36.2. The number of hydrogen-bond acceptors (Lipinski definition) is 7. The lowest BCUT2D eigenvalue weighted by atomic mass is 9.90. The number of carbonyl (C=O) groups is 4. The maximum absolute atomic E-state index is 15.8. The van der Waals surface area contributed by atoms with Gasteiger partial charge in [-0.2, -0.15) is 5.10 Å². The molecule has 1 saturated carbocycles. The third kappa shape index (κ3) is 8.38. The summed E-state index contributed by atoms with van der Waals surface area (Å²) in [4.78, 5) is 58.2. The fraction of sp³-hybridized carbons (Fsp3) is 0.583. The number of methoxy groups -OCH3 is 1. The first-order valence-electron chi connectivity index (χ1n) is 17.4. The highest BCUT2D eigenvalue weighted by Crippen LogP contribution is 2.47. The van der Waals surface area contributed by atoms with Gasteiger partial charge >= 0.3 is 0 Å². The van der Waals surface area contributed by atoms with E-state index in [1.807, 2.05) is 27.8 Å². The highest BCUT2D eigenvalue weighted by molar-refractivity contribution is 6.01. The molecule has 1 aromatic heterocycles. The molecule has 1 aliphatic heterocycles. The molecular formula is C36H50FN7O5. The van der Waals surface area contributed by atoms with Crippen LogP contribution in [0.1, 0.15) is 75.3 Å². The normalized spacial score (nSPS) is 20.8. The van der Waals surface area contributed by atoms with Gasteiger partial charge in [-0.05, 0) is 76.3 Å². The number of amides is 4. The van der Waals surface area contributed by atoms with Crippen molar-refractivity contribution in [3.63, 3.8) is 0 Å². The van der Waals surface area contributed by atoms with Crippen LogP contribution in [0.4, 0.5) is 10.1 Å². The lowest BCUT2D eigenvalue weighted by molar-refractivity contribution is -0.142. The number of ether oxygens (including phenoxy) is 1. The monoisotopic (exact) mass is 679 g/mol. The van der Waals surface area contributed by atoms with Crippen molar-refractivity contribution < 1.29 is 28.3 Å². The van der Waals surface area contributed by atoms with Gasteiger partial charge in [-0.15, -0.1) is 0 Å². The van der Waals surface area contributed by atoms with E-state index in [1.54, 1.807) is 34.8 Å². The van der Waals surface area contributed by atoms with Crippen LogP contribution in [0.15, 0.2) is 42.1 Å². The van der Waals surface area contributed by atoms with Gasteiger partial charge in [-0.25, -0.2) is 4.39 Å². The minimum Gasteiger partial charge on any atom is -0.372 e. The van der Waals surface area contributed by atoms with Crippen molar-refractivity contribution in [3.05, 3.63) is 59.2 Å². The third-order valence-electron chi connectivity index (χ3n) is 10.2. The minimum atomic E-state index is -0.964. The van der Waals surface area contributed by atoms with Gasteiger partial charge < -0.3 is 30.5 Å². The molecule has 12 nitrogen and oxygen atoms in total. The molecule has 0 spiro atoms. The van der Waals surface area contributed by atoms with Crippen LogP contribution in [0, 0.1) is 17.7 Å². The van der Waals surface area contributed by atoms with Crippen LogP contribution in [-0.2, 0) is 25.7 Å². The molecule has 2 aliphatic carbocycles. The van der Waals surface area contributed by atoms with Crippen LogP contribution in [0.5, 0.6) is 0 Å². The molecule has 3 aliphatic rings. The van der Waals surface area contributed by atoms with Gasteiger partial charge in [0, 0.05) is 57.4 Å². The van der Waals surface area contributed by atoms with E-state index in [0.29, 0.717) is 43.9 Å². The van der Waals surface area contributed by atoms with Gasteiger partial charge in [0.15, 0.2) is 0 Å². The van der Waals surface area contributed by atoms with Crippen LogP contribution < -0.4 is 16.0 Å². The van der Waals surface area contributed by atoms with E-state index in [-0.39, 0.29) is 29.5 Å². The van der Waals surface area contributed by atoms with Crippen LogP contribution in [-0.4, -0.2) is 101 Å². The fourth-order valence-corrected chi connectivity index (χ4v) is 6.76. The molecule has 6 atom stereocenters. The summed E-state index contributed by atoms with van der Waals surface area (Å²) in [6, 6.07) is 4.31. The second-order valence-corrected chi connectivity index (χ2v) is 13.6.